The Bertz CT molecular complexity index is 463. The molecule has 1 saturated carbocycles. The largest absolute Gasteiger partial charge is 0.308 e. The summed E-state index contributed by atoms with van der Waals surface area (Å²) in [6.07, 6.45) is 4.36. The summed E-state index contributed by atoms with van der Waals surface area (Å²) in [6.45, 7) is 2.89. The van der Waals surface area contributed by atoms with E-state index in [0.717, 1.165) is 12.2 Å². The quantitative estimate of drug-likeness (QED) is 0.775. The predicted molar refractivity (Wildman–Crippen MR) is 66.4 cm³/mol. The molecule has 0 aliphatic heterocycles. The van der Waals surface area contributed by atoms with E-state index < -0.39 is 9.84 Å². The van der Waals surface area contributed by atoms with Crippen LogP contribution < -0.4 is 5.32 Å². The third-order valence-electron chi connectivity index (χ3n) is 2.92. The van der Waals surface area contributed by atoms with Crippen molar-refractivity contribution in [3.63, 3.8) is 0 Å². The second kappa shape index (κ2) is 5.18. The number of nitrogens with zero attached hydrogens (tertiary/aromatic N) is 2. The normalized spacial score (nSPS) is 16.3. The summed E-state index contributed by atoms with van der Waals surface area (Å²) in [5, 5.41) is 7.71. The molecule has 17 heavy (non-hydrogen) atoms. The molecule has 0 aromatic carbocycles. The summed E-state index contributed by atoms with van der Waals surface area (Å²) in [7, 11) is -2.90. The van der Waals surface area contributed by atoms with Crippen molar-refractivity contribution in [2.75, 3.05) is 11.5 Å². The first kappa shape index (κ1) is 12.6. The SMILES string of the molecule is CCS(=O)(=O)CCn1ccc(CNC2CC2)n1. The first-order chi connectivity index (χ1) is 8.09. The number of hydrogen-bond acceptors (Lipinski definition) is 4. The number of nitrogens with one attached hydrogen (secondary N) is 1. The van der Waals surface area contributed by atoms with Crippen LogP contribution in [0.2, 0.25) is 0 Å². The van der Waals surface area contributed by atoms with Crippen molar-refractivity contribution in [2.45, 2.75) is 38.9 Å². The molecule has 1 heterocycles. The highest BCUT2D eigenvalue weighted by Gasteiger charge is 2.20. The van der Waals surface area contributed by atoms with Gasteiger partial charge in [0.1, 0.15) is 0 Å². The van der Waals surface area contributed by atoms with Crippen molar-refractivity contribution in [1.29, 1.82) is 0 Å². The molecule has 1 N–H and O–H groups in total. The Kier molecular flexibility index (Phi) is 3.83. The molecule has 96 valence electrons. The van der Waals surface area contributed by atoms with Gasteiger partial charge in [0.05, 0.1) is 18.0 Å². The van der Waals surface area contributed by atoms with Crippen LogP contribution in [-0.2, 0) is 22.9 Å². The number of hydrogen-bond donors (Lipinski definition) is 1. The van der Waals surface area contributed by atoms with E-state index in [2.05, 4.69) is 10.4 Å². The maximum absolute atomic E-state index is 11.3. The molecule has 1 aliphatic carbocycles. The summed E-state index contributed by atoms with van der Waals surface area (Å²) in [6, 6.07) is 2.61. The van der Waals surface area contributed by atoms with Gasteiger partial charge in [0, 0.05) is 24.5 Å². The van der Waals surface area contributed by atoms with Crippen molar-refractivity contribution in [3.05, 3.63) is 18.0 Å². The Labute approximate surface area is 102 Å². The fourth-order valence-corrected chi connectivity index (χ4v) is 2.29. The molecule has 1 aromatic heterocycles. The Morgan fingerprint density at radius 1 is 1.53 bits per heavy atom. The summed E-state index contributed by atoms with van der Waals surface area (Å²) in [5.41, 5.74) is 0.978. The molecule has 0 atom stereocenters. The second-order valence-corrected chi connectivity index (χ2v) is 6.93. The average molecular weight is 257 g/mol. The fraction of sp³-hybridized carbons (Fsp3) is 0.727. The number of aromatic nitrogens is 2. The highest BCUT2D eigenvalue weighted by atomic mass is 32.2. The van der Waals surface area contributed by atoms with Gasteiger partial charge < -0.3 is 5.32 Å². The van der Waals surface area contributed by atoms with Gasteiger partial charge in [0.25, 0.3) is 0 Å². The maximum Gasteiger partial charge on any atom is 0.151 e. The first-order valence-corrected chi connectivity index (χ1v) is 7.87. The monoisotopic (exact) mass is 257 g/mol. The molecule has 0 unspecified atom stereocenters. The second-order valence-electron chi connectivity index (χ2n) is 4.46. The Morgan fingerprint density at radius 3 is 2.94 bits per heavy atom. The highest BCUT2D eigenvalue weighted by molar-refractivity contribution is 7.91. The average Bonchev–Trinajstić information content (AvgIpc) is 3.03. The van der Waals surface area contributed by atoms with Gasteiger partial charge in [-0.3, -0.25) is 4.68 Å². The van der Waals surface area contributed by atoms with Gasteiger partial charge in [-0.1, -0.05) is 6.92 Å². The fourth-order valence-electron chi connectivity index (χ4n) is 1.54. The first-order valence-electron chi connectivity index (χ1n) is 6.05. The van der Waals surface area contributed by atoms with Crippen LogP contribution in [-0.4, -0.2) is 35.7 Å². The lowest BCUT2D eigenvalue weighted by Gasteiger charge is -2.02. The van der Waals surface area contributed by atoms with Crippen LogP contribution in [0, 0.1) is 0 Å². The number of sulfone groups is 1. The van der Waals surface area contributed by atoms with Gasteiger partial charge in [0.15, 0.2) is 9.84 Å². The standard InChI is InChI=1S/C11H19N3O2S/c1-2-17(15,16)8-7-14-6-5-11(13-14)9-12-10-3-4-10/h5-6,10,12H,2-4,7-9H2,1H3. The lowest BCUT2D eigenvalue weighted by atomic mass is 10.4. The van der Waals surface area contributed by atoms with E-state index in [-0.39, 0.29) is 11.5 Å². The molecule has 2 rings (SSSR count). The maximum atomic E-state index is 11.3. The van der Waals surface area contributed by atoms with Gasteiger partial charge in [-0.2, -0.15) is 5.10 Å². The van der Waals surface area contributed by atoms with Crippen molar-refractivity contribution < 1.29 is 8.42 Å². The van der Waals surface area contributed by atoms with E-state index in [1.54, 1.807) is 11.6 Å². The smallest absolute Gasteiger partial charge is 0.151 e. The van der Waals surface area contributed by atoms with E-state index in [1.807, 2.05) is 12.3 Å². The summed E-state index contributed by atoms with van der Waals surface area (Å²) < 4.78 is 24.4. The number of aryl methyl sites for hydroxylation is 1. The van der Waals surface area contributed by atoms with Crippen LogP contribution >= 0.6 is 0 Å². The Morgan fingerprint density at radius 2 is 2.29 bits per heavy atom. The molecular formula is C11H19N3O2S. The Hall–Kier alpha value is -0.880. The molecule has 0 amide bonds. The van der Waals surface area contributed by atoms with Crippen LogP contribution in [0.25, 0.3) is 0 Å². The molecule has 1 aromatic rings. The van der Waals surface area contributed by atoms with Gasteiger partial charge in [-0.25, -0.2) is 8.42 Å². The molecular weight excluding hydrogens is 238 g/mol. The van der Waals surface area contributed by atoms with Crippen molar-refractivity contribution in [2.24, 2.45) is 0 Å². The van der Waals surface area contributed by atoms with Crippen LogP contribution in [0.15, 0.2) is 12.3 Å². The minimum Gasteiger partial charge on any atom is -0.308 e. The minimum absolute atomic E-state index is 0.167. The third kappa shape index (κ3) is 4.12. The van der Waals surface area contributed by atoms with E-state index in [0.29, 0.717) is 12.6 Å². The minimum atomic E-state index is -2.90. The Balaban J connectivity index is 1.80. The van der Waals surface area contributed by atoms with Crippen molar-refractivity contribution >= 4 is 9.84 Å². The van der Waals surface area contributed by atoms with Gasteiger partial charge >= 0.3 is 0 Å². The lowest BCUT2D eigenvalue weighted by Crippen LogP contribution is -2.17. The molecule has 1 fully saturated rings. The van der Waals surface area contributed by atoms with Crippen molar-refractivity contribution in [1.82, 2.24) is 15.1 Å². The third-order valence-corrected chi connectivity index (χ3v) is 4.60. The van der Waals surface area contributed by atoms with Crippen LogP contribution in [0.1, 0.15) is 25.5 Å². The number of rotatable bonds is 7. The van der Waals surface area contributed by atoms with E-state index in [1.165, 1.54) is 12.8 Å². The zero-order valence-electron chi connectivity index (χ0n) is 10.1. The zero-order chi connectivity index (χ0) is 12.3. The zero-order valence-corrected chi connectivity index (χ0v) is 10.9. The summed E-state index contributed by atoms with van der Waals surface area (Å²) >= 11 is 0. The van der Waals surface area contributed by atoms with Crippen molar-refractivity contribution in [3.8, 4) is 0 Å². The summed E-state index contributed by atoms with van der Waals surface area (Å²) in [4.78, 5) is 0. The lowest BCUT2D eigenvalue weighted by molar-refractivity contribution is 0.577. The molecule has 1 aliphatic rings. The topological polar surface area (TPSA) is 64.0 Å². The van der Waals surface area contributed by atoms with Crippen LogP contribution in [0.5, 0.6) is 0 Å². The van der Waals surface area contributed by atoms with Crippen LogP contribution in [0.4, 0.5) is 0 Å². The molecule has 0 bridgehead atoms. The highest BCUT2D eigenvalue weighted by Crippen LogP contribution is 2.18. The molecule has 5 nitrogen and oxygen atoms in total. The summed E-state index contributed by atoms with van der Waals surface area (Å²) in [5.74, 6) is 0.366. The molecule has 0 spiro atoms. The van der Waals surface area contributed by atoms with E-state index in [9.17, 15) is 8.42 Å². The van der Waals surface area contributed by atoms with E-state index >= 15 is 0 Å². The van der Waals surface area contributed by atoms with Gasteiger partial charge in [-0.05, 0) is 18.9 Å². The van der Waals surface area contributed by atoms with Gasteiger partial charge in [0.2, 0.25) is 0 Å². The molecule has 0 radical (unpaired) electrons. The van der Waals surface area contributed by atoms with E-state index in [4.69, 9.17) is 0 Å². The van der Waals surface area contributed by atoms with Crippen LogP contribution in [0.3, 0.4) is 0 Å². The predicted octanol–water partition coefficient (Wildman–Crippen LogP) is 0.570. The van der Waals surface area contributed by atoms with Gasteiger partial charge in [-0.15, -0.1) is 0 Å². The molecule has 0 saturated heterocycles. The molecule has 6 heteroatoms.